The van der Waals surface area contributed by atoms with E-state index in [9.17, 15) is 28.0 Å². The van der Waals surface area contributed by atoms with Gasteiger partial charge in [0, 0.05) is 6.54 Å². The van der Waals surface area contributed by atoms with Crippen LogP contribution in [0.4, 0.5) is 13.2 Å². The molecule has 2 aromatic carbocycles. The van der Waals surface area contributed by atoms with Gasteiger partial charge in [-0.05, 0) is 35.7 Å². The summed E-state index contributed by atoms with van der Waals surface area (Å²) in [5, 5.41) is 22.1. The third kappa shape index (κ3) is 6.38. The first kappa shape index (κ1) is 26.2. The summed E-state index contributed by atoms with van der Waals surface area (Å²) in [5.74, 6) is -1.37. The molecule has 0 saturated carbocycles. The summed E-state index contributed by atoms with van der Waals surface area (Å²) in [7, 11) is 1.25. The van der Waals surface area contributed by atoms with Crippen molar-refractivity contribution in [3.05, 3.63) is 76.6 Å². The van der Waals surface area contributed by atoms with Crippen molar-refractivity contribution in [3.8, 4) is 11.8 Å². The van der Waals surface area contributed by atoms with Crippen LogP contribution in [0.1, 0.15) is 50.5 Å². The van der Waals surface area contributed by atoms with Crippen molar-refractivity contribution in [2.24, 2.45) is 0 Å². The maximum Gasteiger partial charge on any atom is 0.416 e. The molecule has 2 N–H and O–H groups in total. The number of alkyl halides is 3. The lowest BCUT2D eigenvalue weighted by Gasteiger charge is -2.13. The summed E-state index contributed by atoms with van der Waals surface area (Å²) >= 11 is 0. The number of methoxy groups -OCH3 is 1. The molecule has 0 radical (unpaired) electrons. The minimum atomic E-state index is -4.61. The van der Waals surface area contributed by atoms with E-state index in [2.05, 4.69) is 20.9 Å². The lowest BCUT2D eigenvalue weighted by atomic mass is 10.0. The molecule has 2 amide bonds. The summed E-state index contributed by atoms with van der Waals surface area (Å²) in [6.45, 7) is 2.09. The minimum Gasteiger partial charge on any atom is -0.496 e. The fourth-order valence-corrected chi connectivity index (χ4v) is 3.29. The highest BCUT2D eigenvalue weighted by atomic mass is 19.4. The van der Waals surface area contributed by atoms with Gasteiger partial charge in [0.05, 0.1) is 37.0 Å². The van der Waals surface area contributed by atoms with Gasteiger partial charge in [0.15, 0.2) is 5.69 Å². The normalized spacial score (nSPS) is 11.9. The largest absolute Gasteiger partial charge is 0.496 e. The number of amides is 2. The summed E-state index contributed by atoms with van der Waals surface area (Å²) in [5.41, 5.74) is 0.454. The number of carbonyl (C=O) groups is 2. The van der Waals surface area contributed by atoms with Crippen LogP contribution in [-0.2, 0) is 19.1 Å². The average Bonchev–Trinajstić information content (AvgIpc) is 3.35. The molecule has 1 unspecified atom stereocenters. The molecule has 9 nitrogen and oxygen atoms in total. The third-order valence-electron chi connectivity index (χ3n) is 5.30. The molecule has 0 saturated heterocycles. The topological polar surface area (TPSA) is 122 Å². The Morgan fingerprint density at radius 1 is 1.17 bits per heavy atom. The second kappa shape index (κ2) is 11.4. The van der Waals surface area contributed by atoms with Gasteiger partial charge in [-0.15, -0.1) is 5.10 Å². The number of ether oxygens (including phenoxy) is 1. The molecule has 188 valence electrons. The van der Waals surface area contributed by atoms with Crippen LogP contribution < -0.4 is 15.4 Å². The molecule has 0 fully saturated rings. The van der Waals surface area contributed by atoms with Gasteiger partial charge in [-0.25, -0.2) is 4.68 Å². The molecule has 3 aromatic rings. The maximum absolute atomic E-state index is 13.0. The number of benzene rings is 2. The van der Waals surface area contributed by atoms with E-state index in [0.29, 0.717) is 11.6 Å². The second-order valence-electron chi connectivity index (χ2n) is 7.67. The number of halogens is 3. The first-order valence-corrected chi connectivity index (χ1v) is 10.9. The van der Waals surface area contributed by atoms with Crippen LogP contribution in [0.3, 0.4) is 0 Å². The van der Waals surface area contributed by atoms with Crippen LogP contribution in [0.25, 0.3) is 0 Å². The molecular weight excluding hydrogens is 477 g/mol. The van der Waals surface area contributed by atoms with E-state index in [1.54, 1.807) is 12.1 Å². The van der Waals surface area contributed by atoms with Crippen LogP contribution >= 0.6 is 0 Å². The Kier molecular flexibility index (Phi) is 8.26. The number of nitrogens with zero attached hydrogens (tertiary/aromatic N) is 4. The van der Waals surface area contributed by atoms with Gasteiger partial charge in [-0.3, -0.25) is 9.59 Å². The Bertz CT molecular complexity index is 1270. The molecule has 0 aliphatic rings. The van der Waals surface area contributed by atoms with E-state index in [1.165, 1.54) is 18.0 Å². The van der Waals surface area contributed by atoms with E-state index in [4.69, 9.17) is 4.74 Å². The molecule has 0 bridgehead atoms. The van der Waals surface area contributed by atoms with E-state index in [-0.39, 0.29) is 30.1 Å². The number of carbonyl (C=O) groups excluding carboxylic acids is 2. The minimum absolute atomic E-state index is 0.00315. The Hall–Kier alpha value is -4.40. The Labute approximate surface area is 204 Å². The monoisotopic (exact) mass is 500 g/mol. The highest BCUT2D eigenvalue weighted by Gasteiger charge is 2.32. The SMILES string of the molecule is CCc1ccc(C(C#N)NC(=O)c2cn(CCNC(=O)c3cc(C(F)(F)F)ccc3OC)nn2)cc1. The Balaban J connectivity index is 1.58. The summed E-state index contributed by atoms with van der Waals surface area (Å²) in [4.78, 5) is 25.0. The second-order valence-corrected chi connectivity index (χ2v) is 7.67. The molecule has 1 atom stereocenters. The summed E-state index contributed by atoms with van der Waals surface area (Å²) in [6.07, 6.45) is -2.43. The van der Waals surface area contributed by atoms with Gasteiger partial charge < -0.3 is 15.4 Å². The molecular formula is C24H23F3N6O3. The van der Waals surface area contributed by atoms with Gasteiger partial charge >= 0.3 is 6.18 Å². The van der Waals surface area contributed by atoms with Gasteiger partial charge in [0.25, 0.3) is 11.8 Å². The highest BCUT2D eigenvalue weighted by molar-refractivity contribution is 5.97. The third-order valence-corrected chi connectivity index (χ3v) is 5.30. The van der Waals surface area contributed by atoms with Crippen molar-refractivity contribution in [2.75, 3.05) is 13.7 Å². The molecule has 12 heteroatoms. The number of hydrogen-bond donors (Lipinski definition) is 2. The van der Waals surface area contributed by atoms with Crippen LogP contribution in [0.5, 0.6) is 5.75 Å². The molecule has 3 rings (SSSR count). The van der Waals surface area contributed by atoms with Crippen molar-refractivity contribution >= 4 is 11.8 Å². The van der Waals surface area contributed by atoms with Crippen molar-refractivity contribution < 1.29 is 27.5 Å². The number of aryl methyl sites for hydroxylation is 1. The fourth-order valence-electron chi connectivity index (χ4n) is 3.29. The first-order valence-electron chi connectivity index (χ1n) is 10.9. The number of nitriles is 1. The summed E-state index contributed by atoms with van der Waals surface area (Å²) < 4.78 is 45.3. The summed E-state index contributed by atoms with van der Waals surface area (Å²) in [6, 6.07) is 11.1. The lowest BCUT2D eigenvalue weighted by Crippen LogP contribution is -2.28. The standard InChI is InChI=1S/C24H23F3N6O3/c1-3-15-4-6-16(7-5-15)19(13-28)30-23(35)20-14-33(32-31-20)11-10-29-22(34)18-12-17(24(25,26)27)8-9-21(18)36-2/h4-9,12,14,19H,3,10-11H2,1-2H3,(H,29,34)(H,30,35). The lowest BCUT2D eigenvalue weighted by molar-refractivity contribution is -0.137. The van der Waals surface area contributed by atoms with Crippen molar-refractivity contribution in [1.82, 2.24) is 25.6 Å². The first-order chi connectivity index (χ1) is 17.2. The van der Waals surface area contributed by atoms with Crippen molar-refractivity contribution in [2.45, 2.75) is 32.1 Å². The number of aromatic nitrogens is 3. The van der Waals surface area contributed by atoms with Crippen LogP contribution in [0.2, 0.25) is 0 Å². The number of rotatable bonds is 9. The van der Waals surface area contributed by atoms with Crippen LogP contribution in [0.15, 0.2) is 48.7 Å². The maximum atomic E-state index is 13.0. The molecule has 36 heavy (non-hydrogen) atoms. The molecule has 1 heterocycles. The van der Waals surface area contributed by atoms with E-state index >= 15 is 0 Å². The smallest absolute Gasteiger partial charge is 0.416 e. The Morgan fingerprint density at radius 2 is 1.89 bits per heavy atom. The zero-order valence-corrected chi connectivity index (χ0v) is 19.5. The predicted octanol–water partition coefficient (Wildman–Crippen LogP) is 3.29. The van der Waals surface area contributed by atoms with E-state index in [0.717, 1.165) is 24.1 Å². The van der Waals surface area contributed by atoms with Crippen molar-refractivity contribution in [1.29, 1.82) is 5.26 Å². The van der Waals surface area contributed by atoms with Crippen LogP contribution in [0, 0.1) is 11.3 Å². The zero-order chi connectivity index (χ0) is 26.3. The predicted molar refractivity (Wildman–Crippen MR) is 122 cm³/mol. The van der Waals surface area contributed by atoms with Crippen LogP contribution in [-0.4, -0.2) is 40.5 Å². The van der Waals surface area contributed by atoms with Gasteiger partial charge in [-0.1, -0.05) is 36.4 Å². The zero-order valence-electron chi connectivity index (χ0n) is 19.5. The van der Waals surface area contributed by atoms with Gasteiger partial charge in [0.1, 0.15) is 11.8 Å². The van der Waals surface area contributed by atoms with Crippen molar-refractivity contribution in [3.63, 3.8) is 0 Å². The molecule has 1 aromatic heterocycles. The average molecular weight is 500 g/mol. The Morgan fingerprint density at radius 3 is 2.50 bits per heavy atom. The van der Waals surface area contributed by atoms with Gasteiger partial charge in [-0.2, -0.15) is 18.4 Å². The number of nitrogens with one attached hydrogen (secondary N) is 2. The highest BCUT2D eigenvalue weighted by Crippen LogP contribution is 2.32. The molecule has 0 spiro atoms. The van der Waals surface area contributed by atoms with E-state index in [1.807, 2.05) is 25.1 Å². The fraction of sp³-hybridized carbons (Fsp3) is 0.292. The number of hydrogen-bond acceptors (Lipinski definition) is 6. The van der Waals surface area contributed by atoms with E-state index < -0.39 is 29.6 Å². The molecule has 0 aliphatic heterocycles. The molecule has 0 aliphatic carbocycles. The van der Waals surface area contributed by atoms with Gasteiger partial charge in [0.2, 0.25) is 0 Å². The quantitative estimate of drug-likeness (QED) is 0.465.